The summed E-state index contributed by atoms with van der Waals surface area (Å²) in [5, 5.41) is 10.7. The molecule has 10 heteroatoms. The zero-order valence-electron chi connectivity index (χ0n) is 21.2. The predicted octanol–water partition coefficient (Wildman–Crippen LogP) is 6.79. The van der Waals surface area contributed by atoms with Gasteiger partial charge in [0.2, 0.25) is 5.91 Å². The second-order valence-electron chi connectivity index (χ2n) is 8.12. The van der Waals surface area contributed by atoms with Crippen LogP contribution < -0.4 is 15.4 Å². The van der Waals surface area contributed by atoms with E-state index < -0.39 is 4.92 Å². The Hall–Kier alpha value is -3.33. The maximum atomic E-state index is 12.2. The average molecular weight is 548 g/mol. The highest BCUT2D eigenvalue weighted by molar-refractivity contribution is 6.35. The Morgan fingerprint density at radius 2 is 1.81 bits per heavy atom. The molecule has 0 saturated carbocycles. The summed E-state index contributed by atoms with van der Waals surface area (Å²) < 4.78 is 10.7. The second kappa shape index (κ2) is 14.4. The van der Waals surface area contributed by atoms with E-state index in [1.165, 1.54) is 12.1 Å². The number of nitro benzene ring substituents is 1. The van der Waals surface area contributed by atoms with Crippen LogP contribution in [0.4, 0.5) is 17.1 Å². The van der Waals surface area contributed by atoms with Gasteiger partial charge in [-0.05, 0) is 49.6 Å². The molecule has 1 amide bonds. The molecule has 0 spiro atoms. The molecule has 0 fully saturated rings. The van der Waals surface area contributed by atoms with Crippen molar-refractivity contribution in [2.75, 3.05) is 30.2 Å². The zero-order chi connectivity index (χ0) is 27.5. The summed E-state index contributed by atoms with van der Waals surface area (Å²) in [5.74, 6) is 0.750. The first kappa shape index (κ1) is 29.9. The number of ether oxygens (including phenoxy) is 2. The number of amides is 1. The molecule has 8 nitrogen and oxygen atoms in total. The Bertz CT molecular complexity index is 1210. The van der Waals surface area contributed by atoms with E-state index in [1.807, 2.05) is 32.0 Å². The standard InChI is InChI=1S/C15H22ClNO2.C12H9ClN2O3/c1-5-13-8-6-7-11(2)15(13)17(14(18)9-16)12(3)10-19-4;13-11-10(18-8-4-2-1-3-5-8)7-6-9(12(11)14)15(16)17/h6-8,12H,5,9-10H2,1-4H3;1-7H,14H2. The molecule has 0 aliphatic carbocycles. The summed E-state index contributed by atoms with van der Waals surface area (Å²) in [4.78, 5) is 24.0. The number of para-hydroxylation sites is 2. The van der Waals surface area contributed by atoms with Gasteiger partial charge in [0.1, 0.15) is 28.1 Å². The molecule has 3 aromatic carbocycles. The number of carbonyl (C=O) groups is 1. The van der Waals surface area contributed by atoms with Gasteiger partial charge in [-0.15, -0.1) is 11.6 Å². The number of aryl methyl sites for hydroxylation is 2. The number of carbonyl (C=O) groups excluding carboxylic acids is 1. The van der Waals surface area contributed by atoms with Crippen molar-refractivity contribution in [3.63, 3.8) is 0 Å². The molecule has 3 rings (SSSR count). The molecule has 198 valence electrons. The number of anilines is 2. The van der Waals surface area contributed by atoms with Gasteiger partial charge in [0.05, 0.1) is 23.3 Å². The van der Waals surface area contributed by atoms with Gasteiger partial charge in [-0.25, -0.2) is 0 Å². The minimum absolute atomic E-state index is 0.0223. The van der Waals surface area contributed by atoms with E-state index >= 15 is 0 Å². The van der Waals surface area contributed by atoms with Crippen molar-refractivity contribution in [1.82, 2.24) is 0 Å². The molecule has 1 unspecified atom stereocenters. The SMILES string of the molecule is CCc1cccc(C)c1N(C(=O)CCl)C(C)COC.Nc1c([N+](=O)[O-])ccc(Oc2ccccc2)c1Cl. The lowest BCUT2D eigenvalue weighted by Crippen LogP contribution is -2.43. The minimum Gasteiger partial charge on any atom is -0.456 e. The average Bonchev–Trinajstić information content (AvgIpc) is 2.88. The highest BCUT2D eigenvalue weighted by Gasteiger charge is 2.24. The largest absolute Gasteiger partial charge is 0.456 e. The van der Waals surface area contributed by atoms with Crippen molar-refractivity contribution in [3.05, 3.63) is 86.9 Å². The van der Waals surface area contributed by atoms with Crippen LogP contribution in [-0.4, -0.2) is 36.5 Å². The fourth-order valence-electron chi connectivity index (χ4n) is 3.74. The first-order valence-electron chi connectivity index (χ1n) is 11.6. The number of nitrogens with two attached hydrogens (primary N) is 1. The molecule has 0 heterocycles. The second-order valence-corrected chi connectivity index (χ2v) is 8.77. The van der Waals surface area contributed by atoms with Crippen LogP contribution in [0.3, 0.4) is 0 Å². The highest BCUT2D eigenvalue weighted by atomic mass is 35.5. The summed E-state index contributed by atoms with van der Waals surface area (Å²) in [5.41, 5.74) is 8.46. The smallest absolute Gasteiger partial charge is 0.293 e. The molecular formula is C27H31Cl2N3O5. The topological polar surface area (TPSA) is 108 Å². The van der Waals surface area contributed by atoms with Gasteiger partial charge >= 0.3 is 0 Å². The van der Waals surface area contributed by atoms with Crippen LogP contribution in [0.2, 0.25) is 5.02 Å². The van der Waals surface area contributed by atoms with Gasteiger partial charge < -0.3 is 20.1 Å². The predicted molar refractivity (Wildman–Crippen MR) is 149 cm³/mol. The monoisotopic (exact) mass is 547 g/mol. The number of alkyl halides is 1. The number of methoxy groups -OCH3 is 1. The van der Waals surface area contributed by atoms with Gasteiger partial charge in [-0.2, -0.15) is 0 Å². The molecular weight excluding hydrogens is 517 g/mol. The number of hydrogen-bond donors (Lipinski definition) is 1. The molecule has 0 aromatic heterocycles. The molecule has 0 aliphatic rings. The van der Waals surface area contributed by atoms with E-state index in [-0.39, 0.29) is 40.0 Å². The van der Waals surface area contributed by atoms with Gasteiger partial charge in [0.25, 0.3) is 5.69 Å². The summed E-state index contributed by atoms with van der Waals surface area (Å²) in [7, 11) is 1.64. The molecule has 0 radical (unpaired) electrons. The van der Waals surface area contributed by atoms with E-state index in [4.69, 9.17) is 38.4 Å². The lowest BCUT2D eigenvalue weighted by molar-refractivity contribution is -0.383. The van der Waals surface area contributed by atoms with Crippen molar-refractivity contribution < 1.29 is 19.2 Å². The number of nitro groups is 1. The van der Waals surface area contributed by atoms with Crippen LogP contribution in [-0.2, 0) is 16.0 Å². The van der Waals surface area contributed by atoms with Gasteiger partial charge in [-0.3, -0.25) is 14.9 Å². The van der Waals surface area contributed by atoms with Crippen LogP contribution >= 0.6 is 23.2 Å². The molecule has 0 saturated heterocycles. The molecule has 2 N–H and O–H groups in total. The highest BCUT2D eigenvalue weighted by Crippen LogP contribution is 2.38. The third kappa shape index (κ3) is 7.82. The molecule has 1 atom stereocenters. The number of halogens is 2. The third-order valence-corrected chi connectivity index (χ3v) is 6.08. The number of nitrogen functional groups attached to an aromatic ring is 1. The maximum Gasteiger partial charge on any atom is 0.293 e. The first-order valence-corrected chi connectivity index (χ1v) is 12.5. The normalized spacial score (nSPS) is 11.2. The van der Waals surface area contributed by atoms with E-state index in [9.17, 15) is 14.9 Å². The zero-order valence-corrected chi connectivity index (χ0v) is 22.8. The van der Waals surface area contributed by atoms with E-state index in [1.54, 1.807) is 36.3 Å². The Morgan fingerprint density at radius 3 is 2.38 bits per heavy atom. The Balaban J connectivity index is 0.000000260. The number of rotatable bonds is 9. The summed E-state index contributed by atoms with van der Waals surface area (Å²) in [6, 6.07) is 17.7. The summed E-state index contributed by atoms with van der Waals surface area (Å²) in [6.07, 6.45) is 0.878. The van der Waals surface area contributed by atoms with Crippen LogP contribution in [0.15, 0.2) is 60.7 Å². The number of benzene rings is 3. The molecule has 0 aliphatic heterocycles. The van der Waals surface area contributed by atoms with E-state index in [0.717, 1.165) is 23.2 Å². The third-order valence-electron chi connectivity index (χ3n) is 5.46. The maximum absolute atomic E-state index is 12.2. The molecule has 3 aromatic rings. The summed E-state index contributed by atoms with van der Waals surface area (Å²) >= 11 is 11.7. The number of nitrogens with zero attached hydrogens (tertiary/aromatic N) is 2. The van der Waals surface area contributed by atoms with Crippen LogP contribution in [0.1, 0.15) is 25.0 Å². The number of hydrogen-bond acceptors (Lipinski definition) is 6. The fraction of sp³-hybridized carbons (Fsp3) is 0.296. The molecule has 0 bridgehead atoms. The Kier molecular flexibility index (Phi) is 11.7. The Morgan fingerprint density at radius 1 is 1.14 bits per heavy atom. The fourth-order valence-corrected chi connectivity index (χ4v) is 4.06. The summed E-state index contributed by atoms with van der Waals surface area (Å²) in [6.45, 7) is 6.56. The lowest BCUT2D eigenvalue weighted by Gasteiger charge is -2.31. The van der Waals surface area contributed by atoms with Crippen molar-refractivity contribution in [2.45, 2.75) is 33.2 Å². The van der Waals surface area contributed by atoms with E-state index in [2.05, 4.69) is 13.0 Å². The van der Waals surface area contributed by atoms with Gasteiger partial charge in [-0.1, -0.05) is 54.9 Å². The first-order chi connectivity index (χ1) is 17.7. The van der Waals surface area contributed by atoms with Gasteiger partial charge in [0, 0.05) is 13.2 Å². The quantitative estimate of drug-likeness (QED) is 0.137. The minimum atomic E-state index is -0.590. The van der Waals surface area contributed by atoms with Crippen molar-refractivity contribution in [3.8, 4) is 11.5 Å². The van der Waals surface area contributed by atoms with Crippen LogP contribution in [0, 0.1) is 17.0 Å². The van der Waals surface area contributed by atoms with Crippen LogP contribution in [0.25, 0.3) is 0 Å². The van der Waals surface area contributed by atoms with Crippen LogP contribution in [0.5, 0.6) is 11.5 Å². The van der Waals surface area contributed by atoms with Crippen molar-refractivity contribution in [1.29, 1.82) is 0 Å². The Labute approximate surface area is 227 Å². The lowest BCUT2D eigenvalue weighted by atomic mass is 10.0. The van der Waals surface area contributed by atoms with Crippen molar-refractivity contribution >= 4 is 46.2 Å². The van der Waals surface area contributed by atoms with Crippen molar-refractivity contribution in [2.24, 2.45) is 0 Å². The van der Waals surface area contributed by atoms with E-state index in [0.29, 0.717) is 12.4 Å². The molecule has 37 heavy (non-hydrogen) atoms. The van der Waals surface area contributed by atoms with Gasteiger partial charge in [0.15, 0.2) is 0 Å².